The highest BCUT2D eigenvalue weighted by atomic mass is 16.6. The Kier molecular flexibility index (Phi) is 3.73. The van der Waals surface area contributed by atoms with E-state index < -0.39 is 5.97 Å². The van der Waals surface area contributed by atoms with Gasteiger partial charge in [0.2, 0.25) is 5.76 Å². The lowest BCUT2D eigenvalue weighted by Crippen LogP contribution is -2.05. The van der Waals surface area contributed by atoms with Crippen LogP contribution in [0.2, 0.25) is 0 Å². The molecule has 0 heterocycles. The summed E-state index contributed by atoms with van der Waals surface area (Å²) in [7, 11) is 2.76. The van der Waals surface area contributed by atoms with E-state index in [1.165, 1.54) is 14.2 Å². The summed E-state index contributed by atoms with van der Waals surface area (Å²) < 4.78 is 9.44. The molecule has 1 rings (SSSR count). The zero-order chi connectivity index (χ0) is 10.4. The van der Waals surface area contributed by atoms with E-state index >= 15 is 0 Å². The molecule has 0 saturated heterocycles. The van der Waals surface area contributed by atoms with Crippen LogP contribution in [0.15, 0.2) is 36.1 Å². The van der Waals surface area contributed by atoms with Crippen molar-refractivity contribution in [3.63, 3.8) is 0 Å². The topological polar surface area (TPSA) is 35.5 Å². The molecule has 14 heavy (non-hydrogen) atoms. The Labute approximate surface area is 83.0 Å². The Morgan fingerprint density at radius 3 is 2.29 bits per heavy atom. The maximum atomic E-state index is 11.1. The molecule has 0 aliphatic carbocycles. The summed E-state index contributed by atoms with van der Waals surface area (Å²) in [4.78, 5) is 11.1. The number of hydrogen-bond donors (Lipinski definition) is 0. The minimum atomic E-state index is -0.476. The van der Waals surface area contributed by atoms with Crippen molar-refractivity contribution in [1.82, 2.24) is 0 Å². The first-order valence-corrected chi connectivity index (χ1v) is 4.17. The van der Waals surface area contributed by atoms with Gasteiger partial charge in [-0.05, 0) is 11.6 Å². The van der Waals surface area contributed by atoms with Gasteiger partial charge in [0.1, 0.15) is 0 Å². The lowest BCUT2D eigenvalue weighted by atomic mass is 10.2. The van der Waals surface area contributed by atoms with Gasteiger partial charge in [-0.2, -0.15) is 0 Å². The smallest absolute Gasteiger partial charge is 0.373 e. The van der Waals surface area contributed by atoms with E-state index in [0.29, 0.717) is 0 Å². The molecule has 0 aromatic heterocycles. The third-order valence-electron chi connectivity index (χ3n) is 1.70. The van der Waals surface area contributed by atoms with E-state index in [0.717, 1.165) is 5.56 Å². The average molecular weight is 192 g/mol. The van der Waals surface area contributed by atoms with Crippen LogP contribution in [-0.4, -0.2) is 20.2 Å². The molecule has 0 amide bonds. The molecule has 0 N–H and O–H groups in total. The molecular weight excluding hydrogens is 180 g/mol. The molecule has 1 aromatic carbocycles. The lowest BCUT2D eigenvalue weighted by molar-refractivity contribution is -0.139. The van der Waals surface area contributed by atoms with Gasteiger partial charge >= 0.3 is 5.97 Å². The molecule has 0 radical (unpaired) electrons. The minimum absolute atomic E-state index is 0.193. The third kappa shape index (κ3) is 2.62. The normalized spacial score (nSPS) is 10.9. The molecule has 0 saturated carbocycles. The maximum Gasteiger partial charge on any atom is 0.373 e. The second-order valence-corrected chi connectivity index (χ2v) is 2.61. The number of methoxy groups -OCH3 is 2. The Balaban J connectivity index is 2.89. The summed E-state index contributed by atoms with van der Waals surface area (Å²) in [6.45, 7) is 0. The van der Waals surface area contributed by atoms with Gasteiger partial charge in [0.25, 0.3) is 0 Å². The molecule has 0 bridgehead atoms. The van der Waals surface area contributed by atoms with Crippen LogP contribution in [0.3, 0.4) is 0 Å². The van der Waals surface area contributed by atoms with Gasteiger partial charge in [0.15, 0.2) is 0 Å². The molecule has 74 valence electrons. The van der Waals surface area contributed by atoms with E-state index in [9.17, 15) is 4.79 Å². The monoisotopic (exact) mass is 192 g/mol. The number of carbonyl (C=O) groups excluding carboxylic acids is 1. The SMILES string of the molecule is COC(=O)/C(=C/c1ccccc1)OC. The van der Waals surface area contributed by atoms with E-state index in [1.807, 2.05) is 30.3 Å². The summed E-state index contributed by atoms with van der Waals surface area (Å²) >= 11 is 0. The Morgan fingerprint density at radius 1 is 1.14 bits per heavy atom. The highest BCUT2D eigenvalue weighted by Crippen LogP contribution is 2.07. The Morgan fingerprint density at radius 2 is 1.79 bits per heavy atom. The highest BCUT2D eigenvalue weighted by molar-refractivity contribution is 5.91. The number of rotatable bonds is 3. The van der Waals surface area contributed by atoms with Gasteiger partial charge in [0, 0.05) is 0 Å². The first kappa shape index (κ1) is 10.3. The van der Waals surface area contributed by atoms with Crippen molar-refractivity contribution in [3.8, 4) is 0 Å². The van der Waals surface area contributed by atoms with Gasteiger partial charge in [-0.25, -0.2) is 4.79 Å². The van der Waals surface area contributed by atoms with E-state index in [-0.39, 0.29) is 5.76 Å². The fourth-order valence-electron chi connectivity index (χ4n) is 1.00. The number of hydrogen-bond acceptors (Lipinski definition) is 3. The van der Waals surface area contributed by atoms with Crippen molar-refractivity contribution >= 4 is 12.0 Å². The lowest BCUT2D eigenvalue weighted by Gasteiger charge is -2.02. The minimum Gasteiger partial charge on any atom is -0.490 e. The summed E-state index contributed by atoms with van der Waals surface area (Å²) in [5.74, 6) is -0.282. The second-order valence-electron chi connectivity index (χ2n) is 2.61. The first-order chi connectivity index (χ1) is 6.77. The van der Waals surface area contributed by atoms with Crippen LogP contribution < -0.4 is 0 Å². The fourth-order valence-corrected chi connectivity index (χ4v) is 1.00. The largest absolute Gasteiger partial charge is 0.490 e. The number of carbonyl (C=O) groups is 1. The quantitative estimate of drug-likeness (QED) is 0.416. The standard InChI is InChI=1S/C11H12O3/c1-13-10(11(12)14-2)8-9-6-4-3-5-7-9/h3-8H,1-2H3/b10-8-. The van der Waals surface area contributed by atoms with Gasteiger partial charge in [-0.15, -0.1) is 0 Å². The van der Waals surface area contributed by atoms with Crippen molar-refractivity contribution in [2.45, 2.75) is 0 Å². The molecule has 0 atom stereocenters. The van der Waals surface area contributed by atoms with Crippen LogP contribution in [0, 0.1) is 0 Å². The van der Waals surface area contributed by atoms with Gasteiger partial charge in [-0.1, -0.05) is 30.3 Å². The molecule has 3 nitrogen and oxygen atoms in total. The maximum absolute atomic E-state index is 11.1. The van der Waals surface area contributed by atoms with Crippen LogP contribution in [0.1, 0.15) is 5.56 Å². The van der Waals surface area contributed by atoms with Crippen molar-refractivity contribution in [2.24, 2.45) is 0 Å². The van der Waals surface area contributed by atoms with Gasteiger partial charge < -0.3 is 9.47 Å². The molecule has 0 spiro atoms. The summed E-state index contributed by atoms with van der Waals surface area (Å²) in [5, 5.41) is 0. The zero-order valence-electron chi connectivity index (χ0n) is 8.19. The van der Waals surface area contributed by atoms with E-state index in [1.54, 1.807) is 6.08 Å². The third-order valence-corrected chi connectivity index (χ3v) is 1.70. The molecule has 0 aliphatic rings. The molecule has 0 fully saturated rings. The van der Waals surface area contributed by atoms with E-state index in [2.05, 4.69) is 4.74 Å². The first-order valence-electron chi connectivity index (χ1n) is 4.17. The Bertz CT molecular complexity index is 328. The van der Waals surface area contributed by atoms with Crippen LogP contribution in [-0.2, 0) is 14.3 Å². The van der Waals surface area contributed by atoms with Gasteiger partial charge in [-0.3, -0.25) is 0 Å². The molecule has 0 aliphatic heterocycles. The molecule has 3 heteroatoms. The fraction of sp³-hybridized carbons (Fsp3) is 0.182. The molecular formula is C11H12O3. The van der Waals surface area contributed by atoms with E-state index in [4.69, 9.17) is 4.74 Å². The van der Waals surface area contributed by atoms with Crippen LogP contribution >= 0.6 is 0 Å². The molecule has 1 aromatic rings. The highest BCUT2D eigenvalue weighted by Gasteiger charge is 2.08. The van der Waals surface area contributed by atoms with Crippen LogP contribution in [0.25, 0.3) is 6.08 Å². The summed E-state index contributed by atoms with van der Waals surface area (Å²) in [5.41, 5.74) is 0.898. The number of benzene rings is 1. The number of ether oxygens (including phenoxy) is 2. The van der Waals surface area contributed by atoms with Crippen molar-refractivity contribution < 1.29 is 14.3 Å². The average Bonchev–Trinajstić information content (AvgIpc) is 2.26. The summed E-state index contributed by atoms with van der Waals surface area (Å²) in [6.07, 6.45) is 1.63. The second kappa shape index (κ2) is 5.07. The van der Waals surface area contributed by atoms with Crippen molar-refractivity contribution in [3.05, 3.63) is 41.7 Å². The predicted molar refractivity (Wildman–Crippen MR) is 53.4 cm³/mol. The summed E-state index contributed by atoms with van der Waals surface area (Å²) in [6, 6.07) is 9.43. The Hall–Kier alpha value is -1.77. The van der Waals surface area contributed by atoms with Gasteiger partial charge in [0.05, 0.1) is 14.2 Å². The predicted octanol–water partition coefficient (Wildman–Crippen LogP) is 1.85. The van der Waals surface area contributed by atoms with Crippen molar-refractivity contribution in [1.29, 1.82) is 0 Å². The van der Waals surface area contributed by atoms with Crippen LogP contribution in [0.5, 0.6) is 0 Å². The molecule has 0 unspecified atom stereocenters. The number of esters is 1. The van der Waals surface area contributed by atoms with Crippen molar-refractivity contribution in [2.75, 3.05) is 14.2 Å². The van der Waals surface area contributed by atoms with Crippen LogP contribution in [0.4, 0.5) is 0 Å². The zero-order valence-corrected chi connectivity index (χ0v) is 8.19.